The largest absolute Gasteiger partial charge is 0.330 e. The van der Waals surface area contributed by atoms with E-state index >= 15 is 0 Å². The van der Waals surface area contributed by atoms with Crippen LogP contribution in [0.5, 0.6) is 0 Å². The Balaban J connectivity index is 1.55. The number of hydrogen-bond acceptors (Lipinski definition) is 2. The fourth-order valence-electron chi connectivity index (χ4n) is 3.35. The number of nitrogens with zero attached hydrogens (tertiary/aromatic N) is 2. The molecule has 0 saturated heterocycles. The topological polar surface area (TPSA) is 29.9 Å². The Labute approximate surface area is 110 Å². The second kappa shape index (κ2) is 5.04. The third kappa shape index (κ3) is 2.61. The molecule has 0 aliphatic heterocycles. The van der Waals surface area contributed by atoms with Gasteiger partial charge in [0.2, 0.25) is 0 Å². The molecule has 3 rings (SSSR count). The molecular formula is C15H25N3. The number of nitrogens with one attached hydrogen (secondary N) is 1. The maximum atomic E-state index is 4.30. The molecule has 1 heterocycles. The molecule has 100 valence electrons. The van der Waals surface area contributed by atoms with Gasteiger partial charge >= 0.3 is 0 Å². The molecular weight excluding hydrogens is 222 g/mol. The van der Waals surface area contributed by atoms with E-state index in [-0.39, 0.29) is 0 Å². The SMILES string of the molecule is CC1CCC(NCc2cncn2C2CC2)C(C)C1. The summed E-state index contributed by atoms with van der Waals surface area (Å²) in [4.78, 5) is 4.30. The molecule has 3 nitrogen and oxygen atoms in total. The Morgan fingerprint density at radius 3 is 2.83 bits per heavy atom. The molecule has 18 heavy (non-hydrogen) atoms. The highest BCUT2D eigenvalue weighted by atomic mass is 15.1. The van der Waals surface area contributed by atoms with Gasteiger partial charge in [-0.25, -0.2) is 4.98 Å². The van der Waals surface area contributed by atoms with Gasteiger partial charge in [-0.15, -0.1) is 0 Å². The molecule has 1 N–H and O–H groups in total. The van der Waals surface area contributed by atoms with E-state index in [1.807, 2.05) is 12.5 Å². The van der Waals surface area contributed by atoms with Crippen molar-refractivity contribution in [2.24, 2.45) is 11.8 Å². The average Bonchev–Trinajstić information content (AvgIpc) is 3.08. The smallest absolute Gasteiger partial charge is 0.0951 e. The Morgan fingerprint density at radius 1 is 1.28 bits per heavy atom. The van der Waals surface area contributed by atoms with Gasteiger partial charge in [0.25, 0.3) is 0 Å². The minimum absolute atomic E-state index is 0.698. The normalized spacial score (nSPS) is 32.7. The third-order valence-corrected chi connectivity index (χ3v) is 4.66. The van der Waals surface area contributed by atoms with Crippen LogP contribution in [-0.4, -0.2) is 15.6 Å². The molecule has 1 aromatic rings. The van der Waals surface area contributed by atoms with Crippen molar-refractivity contribution in [3.05, 3.63) is 18.2 Å². The lowest BCUT2D eigenvalue weighted by atomic mass is 9.80. The van der Waals surface area contributed by atoms with Crippen LogP contribution in [0.3, 0.4) is 0 Å². The van der Waals surface area contributed by atoms with E-state index in [0.29, 0.717) is 6.04 Å². The Morgan fingerprint density at radius 2 is 2.11 bits per heavy atom. The first-order valence-electron chi connectivity index (χ1n) is 7.48. The van der Waals surface area contributed by atoms with Crippen LogP contribution in [0.1, 0.15) is 57.7 Å². The minimum atomic E-state index is 0.698. The van der Waals surface area contributed by atoms with Crippen LogP contribution < -0.4 is 5.32 Å². The predicted octanol–water partition coefficient (Wildman–Crippen LogP) is 3.13. The fourth-order valence-corrected chi connectivity index (χ4v) is 3.35. The summed E-state index contributed by atoms with van der Waals surface area (Å²) in [7, 11) is 0. The van der Waals surface area contributed by atoms with Crippen LogP contribution in [0.25, 0.3) is 0 Å². The molecule has 0 radical (unpaired) electrons. The first-order valence-corrected chi connectivity index (χ1v) is 7.48. The zero-order chi connectivity index (χ0) is 12.5. The summed E-state index contributed by atoms with van der Waals surface area (Å²) in [6, 6.07) is 1.44. The van der Waals surface area contributed by atoms with Crippen LogP contribution in [0, 0.1) is 11.8 Å². The van der Waals surface area contributed by atoms with Gasteiger partial charge < -0.3 is 9.88 Å². The third-order valence-electron chi connectivity index (χ3n) is 4.66. The van der Waals surface area contributed by atoms with Crippen molar-refractivity contribution < 1.29 is 0 Å². The maximum Gasteiger partial charge on any atom is 0.0951 e. The number of rotatable bonds is 4. The quantitative estimate of drug-likeness (QED) is 0.886. The molecule has 3 atom stereocenters. The summed E-state index contributed by atoms with van der Waals surface area (Å²) in [5.74, 6) is 1.72. The number of hydrogen-bond donors (Lipinski definition) is 1. The van der Waals surface area contributed by atoms with Crippen LogP contribution >= 0.6 is 0 Å². The second-order valence-corrected chi connectivity index (χ2v) is 6.41. The molecule has 3 unspecified atom stereocenters. The molecule has 2 aliphatic carbocycles. The van der Waals surface area contributed by atoms with Gasteiger partial charge in [0, 0.05) is 24.8 Å². The van der Waals surface area contributed by atoms with Gasteiger partial charge in [-0.05, 0) is 43.9 Å². The van der Waals surface area contributed by atoms with Crippen LogP contribution in [0.4, 0.5) is 0 Å². The minimum Gasteiger partial charge on any atom is -0.330 e. The average molecular weight is 247 g/mol. The molecule has 2 saturated carbocycles. The molecule has 0 bridgehead atoms. The van der Waals surface area contributed by atoms with Crippen molar-refractivity contribution >= 4 is 0 Å². The van der Waals surface area contributed by atoms with E-state index in [0.717, 1.165) is 24.4 Å². The van der Waals surface area contributed by atoms with Gasteiger partial charge in [0.1, 0.15) is 0 Å². The summed E-state index contributed by atoms with van der Waals surface area (Å²) in [6.45, 7) is 5.76. The van der Waals surface area contributed by atoms with E-state index in [1.54, 1.807) is 0 Å². The highest BCUT2D eigenvalue weighted by Gasteiger charge is 2.27. The Bertz CT molecular complexity index is 394. The fraction of sp³-hybridized carbons (Fsp3) is 0.800. The van der Waals surface area contributed by atoms with Gasteiger partial charge in [-0.2, -0.15) is 0 Å². The highest BCUT2D eigenvalue weighted by molar-refractivity contribution is 5.03. The molecule has 0 amide bonds. The number of imidazole rings is 1. The molecule has 2 aliphatic rings. The summed E-state index contributed by atoms with van der Waals surface area (Å²) < 4.78 is 2.36. The molecule has 0 aromatic carbocycles. The first kappa shape index (κ1) is 12.2. The molecule has 0 spiro atoms. The molecule has 3 heteroatoms. The van der Waals surface area contributed by atoms with Gasteiger partial charge in [-0.1, -0.05) is 13.8 Å². The first-order chi connectivity index (χ1) is 8.74. The van der Waals surface area contributed by atoms with Gasteiger partial charge in [-0.3, -0.25) is 0 Å². The molecule has 1 aromatic heterocycles. The van der Waals surface area contributed by atoms with Crippen molar-refractivity contribution in [3.63, 3.8) is 0 Å². The summed E-state index contributed by atoms with van der Waals surface area (Å²) >= 11 is 0. The van der Waals surface area contributed by atoms with Crippen molar-refractivity contribution in [2.45, 2.75) is 64.6 Å². The van der Waals surface area contributed by atoms with Crippen LogP contribution in [-0.2, 0) is 6.54 Å². The zero-order valence-electron chi connectivity index (χ0n) is 11.6. The number of aromatic nitrogens is 2. The zero-order valence-corrected chi connectivity index (χ0v) is 11.6. The van der Waals surface area contributed by atoms with E-state index in [1.165, 1.54) is 37.8 Å². The summed E-state index contributed by atoms with van der Waals surface area (Å²) in [5, 5.41) is 3.76. The van der Waals surface area contributed by atoms with Gasteiger partial charge in [0.15, 0.2) is 0 Å². The lowest BCUT2D eigenvalue weighted by molar-refractivity contribution is 0.226. The summed E-state index contributed by atoms with van der Waals surface area (Å²) in [5.41, 5.74) is 1.36. The second-order valence-electron chi connectivity index (χ2n) is 6.41. The Hall–Kier alpha value is -0.830. The van der Waals surface area contributed by atoms with E-state index in [2.05, 4.69) is 28.7 Å². The highest BCUT2D eigenvalue weighted by Crippen LogP contribution is 2.35. The van der Waals surface area contributed by atoms with Crippen molar-refractivity contribution in [1.29, 1.82) is 0 Å². The predicted molar refractivity (Wildman–Crippen MR) is 73.3 cm³/mol. The lowest BCUT2D eigenvalue weighted by Gasteiger charge is -2.33. The Kier molecular flexibility index (Phi) is 3.42. The van der Waals surface area contributed by atoms with Crippen LogP contribution in [0.2, 0.25) is 0 Å². The van der Waals surface area contributed by atoms with Crippen LogP contribution in [0.15, 0.2) is 12.5 Å². The standard InChI is InChI=1S/C15H25N3/c1-11-3-6-15(12(2)7-11)17-9-14-8-16-10-18(14)13-4-5-13/h8,10-13,15,17H,3-7,9H2,1-2H3. The summed E-state index contributed by atoms with van der Waals surface area (Å²) in [6.07, 6.45) is 10.8. The monoisotopic (exact) mass is 247 g/mol. The van der Waals surface area contributed by atoms with E-state index < -0.39 is 0 Å². The maximum absolute atomic E-state index is 4.30. The molecule has 2 fully saturated rings. The van der Waals surface area contributed by atoms with Crippen molar-refractivity contribution in [3.8, 4) is 0 Å². The van der Waals surface area contributed by atoms with Crippen molar-refractivity contribution in [1.82, 2.24) is 14.9 Å². The van der Waals surface area contributed by atoms with E-state index in [4.69, 9.17) is 0 Å². The van der Waals surface area contributed by atoms with E-state index in [9.17, 15) is 0 Å². The lowest BCUT2D eigenvalue weighted by Crippen LogP contribution is -2.38. The van der Waals surface area contributed by atoms with Gasteiger partial charge in [0.05, 0.1) is 12.0 Å². The van der Waals surface area contributed by atoms with Crippen molar-refractivity contribution in [2.75, 3.05) is 0 Å².